The smallest absolute Gasteiger partial charge is 0.225 e. The first kappa shape index (κ1) is 18.0. The molecule has 0 fully saturated rings. The lowest BCUT2D eigenvalue weighted by Gasteiger charge is -2.19. The number of amides is 1. The minimum Gasteiger partial charge on any atom is -0.326 e. The van der Waals surface area contributed by atoms with Crippen molar-refractivity contribution in [2.45, 2.75) is 13.0 Å². The lowest BCUT2D eigenvalue weighted by atomic mass is 10.2. The number of carbonyl (C=O) groups is 1. The van der Waals surface area contributed by atoms with E-state index in [1.165, 1.54) is 28.6 Å². The van der Waals surface area contributed by atoms with Crippen LogP contribution in [-0.4, -0.2) is 36.4 Å². The molecule has 0 aliphatic rings. The van der Waals surface area contributed by atoms with E-state index in [0.717, 1.165) is 11.8 Å². The average molecular weight is 351 g/mol. The molecule has 2 aromatic rings. The Hall–Kier alpha value is -2.32. The maximum absolute atomic E-state index is 12.8. The number of benzene rings is 1. The number of aromatic nitrogens is 1. The minimum absolute atomic E-state index is 0.00922. The predicted molar refractivity (Wildman–Crippen MR) is 89.1 cm³/mol. The van der Waals surface area contributed by atoms with Crippen LogP contribution < -0.4 is 5.32 Å². The molecule has 0 aliphatic carbocycles. The summed E-state index contributed by atoms with van der Waals surface area (Å²) < 4.78 is 37.8. The summed E-state index contributed by atoms with van der Waals surface area (Å²) in [6.07, 6.45) is 4.27. The number of pyridine rings is 1. The zero-order valence-corrected chi connectivity index (χ0v) is 14.0. The molecule has 0 saturated heterocycles. The fraction of sp³-hybridized carbons (Fsp3) is 0.250. The third-order valence-electron chi connectivity index (χ3n) is 3.27. The normalized spacial score (nSPS) is 11.5. The fourth-order valence-electron chi connectivity index (χ4n) is 2.04. The predicted octanol–water partition coefficient (Wildman–Crippen LogP) is 2.01. The summed E-state index contributed by atoms with van der Waals surface area (Å²) in [5.41, 5.74) is 1.20. The first-order valence-electron chi connectivity index (χ1n) is 7.24. The lowest BCUT2D eigenvalue weighted by Crippen LogP contribution is -2.32. The van der Waals surface area contributed by atoms with Crippen molar-refractivity contribution in [2.24, 2.45) is 0 Å². The van der Waals surface area contributed by atoms with Gasteiger partial charge in [-0.05, 0) is 35.9 Å². The average Bonchev–Trinajstić information content (AvgIpc) is 2.53. The summed E-state index contributed by atoms with van der Waals surface area (Å²) >= 11 is 0. The zero-order valence-electron chi connectivity index (χ0n) is 13.1. The van der Waals surface area contributed by atoms with Gasteiger partial charge in [0.25, 0.3) is 0 Å². The third-order valence-corrected chi connectivity index (χ3v) is 4.52. The van der Waals surface area contributed by atoms with Gasteiger partial charge in [0.1, 0.15) is 5.82 Å². The summed E-state index contributed by atoms with van der Waals surface area (Å²) in [5.74, 6) is -0.742. The van der Waals surface area contributed by atoms with Crippen LogP contribution in [0.15, 0.2) is 48.8 Å². The molecule has 24 heavy (non-hydrogen) atoms. The number of nitrogens with one attached hydrogen (secondary N) is 1. The van der Waals surface area contributed by atoms with Crippen LogP contribution in [0.4, 0.5) is 10.1 Å². The first-order chi connectivity index (χ1) is 11.3. The summed E-state index contributed by atoms with van der Waals surface area (Å²) in [7, 11) is -3.46. The van der Waals surface area contributed by atoms with Crippen molar-refractivity contribution >= 4 is 21.6 Å². The van der Waals surface area contributed by atoms with Crippen LogP contribution in [0.3, 0.4) is 0 Å². The Labute approximate surface area is 140 Å². The number of anilines is 1. The van der Waals surface area contributed by atoms with Crippen molar-refractivity contribution in [1.29, 1.82) is 0 Å². The monoisotopic (exact) mass is 351 g/mol. The van der Waals surface area contributed by atoms with Crippen LogP contribution in [0.5, 0.6) is 0 Å². The van der Waals surface area contributed by atoms with E-state index in [0.29, 0.717) is 5.69 Å². The first-order valence-corrected chi connectivity index (χ1v) is 9.09. The van der Waals surface area contributed by atoms with Crippen LogP contribution in [0.1, 0.15) is 12.0 Å². The molecule has 0 unspecified atom stereocenters. The fourth-order valence-corrected chi connectivity index (χ4v) is 2.85. The second kappa shape index (κ2) is 7.98. The molecule has 1 amide bonds. The highest BCUT2D eigenvalue weighted by Gasteiger charge is 2.18. The second-order valence-electron chi connectivity index (χ2n) is 5.26. The molecular weight excluding hydrogens is 333 g/mol. The molecule has 1 heterocycles. The van der Waals surface area contributed by atoms with E-state index in [-0.39, 0.29) is 25.4 Å². The maximum Gasteiger partial charge on any atom is 0.225 e. The molecule has 0 aliphatic heterocycles. The van der Waals surface area contributed by atoms with Crippen LogP contribution in [0.25, 0.3) is 0 Å². The zero-order chi connectivity index (χ0) is 17.6. The quantitative estimate of drug-likeness (QED) is 0.828. The van der Waals surface area contributed by atoms with Crippen LogP contribution in [0.2, 0.25) is 0 Å². The standard InChI is InChI=1S/C16H18FN3O3S/c1-24(22,23)20(12-13-3-2-9-18-11-13)10-8-16(21)19-15-6-4-14(17)5-7-15/h2-7,9,11H,8,10,12H2,1H3,(H,19,21). The summed E-state index contributed by atoms with van der Waals surface area (Å²) in [6, 6.07) is 8.84. The molecule has 0 radical (unpaired) electrons. The summed E-state index contributed by atoms with van der Waals surface area (Å²) in [4.78, 5) is 15.9. The Morgan fingerprint density at radius 3 is 2.54 bits per heavy atom. The van der Waals surface area contributed by atoms with E-state index in [2.05, 4.69) is 10.3 Å². The number of carbonyl (C=O) groups excluding carboxylic acids is 1. The van der Waals surface area contributed by atoms with Crippen molar-refractivity contribution in [2.75, 3.05) is 18.1 Å². The third kappa shape index (κ3) is 5.71. The van der Waals surface area contributed by atoms with Gasteiger partial charge in [-0.15, -0.1) is 0 Å². The molecule has 1 aromatic heterocycles. The van der Waals surface area contributed by atoms with E-state index in [1.807, 2.05) is 0 Å². The van der Waals surface area contributed by atoms with Gasteiger partial charge in [0.2, 0.25) is 15.9 Å². The number of hydrogen-bond acceptors (Lipinski definition) is 4. The number of sulfonamides is 1. The van der Waals surface area contributed by atoms with Crippen molar-refractivity contribution < 1.29 is 17.6 Å². The Morgan fingerprint density at radius 1 is 1.25 bits per heavy atom. The van der Waals surface area contributed by atoms with Gasteiger partial charge in [0.15, 0.2) is 0 Å². The molecule has 0 bridgehead atoms. The molecule has 0 saturated carbocycles. The Morgan fingerprint density at radius 2 is 1.96 bits per heavy atom. The largest absolute Gasteiger partial charge is 0.326 e. The summed E-state index contributed by atoms with van der Waals surface area (Å²) in [5, 5.41) is 2.60. The number of nitrogens with zero attached hydrogens (tertiary/aromatic N) is 2. The number of halogens is 1. The van der Waals surface area contributed by atoms with E-state index in [4.69, 9.17) is 0 Å². The van der Waals surface area contributed by atoms with Crippen molar-refractivity contribution in [3.05, 3.63) is 60.2 Å². The lowest BCUT2D eigenvalue weighted by molar-refractivity contribution is -0.116. The highest BCUT2D eigenvalue weighted by Crippen LogP contribution is 2.11. The molecule has 1 aromatic carbocycles. The number of rotatable bonds is 7. The van der Waals surface area contributed by atoms with Gasteiger partial charge >= 0.3 is 0 Å². The molecule has 0 atom stereocenters. The van der Waals surface area contributed by atoms with Gasteiger partial charge in [0.05, 0.1) is 6.26 Å². The number of hydrogen-bond donors (Lipinski definition) is 1. The molecule has 2 rings (SSSR count). The maximum atomic E-state index is 12.8. The van der Waals surface area contributed by atoms with Crippen molar-refractivity contribution in [3.8, 4) is 0 Å². The van der Waals surface area contributed by atoms with Gasteiger partial charge in [-0.1, -0.05) is 6.07 Å². The van der Waals surface area contributed by atoms with Crippen LogP contribution >= 0.6 is 0 Å². The van der Waals surface area contributed by atoms with Gasteiger partial charge in [-0.25, -0.2) is 12.8 Å². The van der Waals surface area contributed by atoms with Gasteiger partial charge in [-0.2, -0.15) is 4.31 Å². The Kier molecular flexibility index (Phi) is 5.99. The summed E-state index contributed by atoms with van der Waals surface area (Å²) in [6.45, 7) is 0.192. The van der Waals surface area contributed by atoms with Crippen molar-refractivity contribution in [1.82, 2.24) is 9.29 Å². The Bertz CT molecular complexity index is 780. The highest BCUT2D eigenvalue weighted by atomic mass is 32.2. The van der Waals surface area contributed by atoms with Crippen LogP contribution in [-0.2, 0) is 21.4 Å². The van der Waals surface area contributed by atoms with E-state index in [1.54, 1.807) is 24.5 Å². The molecule has 1 N–H and O–H groups in total. The minimum atomic E-state index is -3.46. The Balaban J connectivity index is 1.95. The van der Waals surface area contributed by atoms with E-state index in [9.17, 15) is 17.6 Å². The van der Waals surface area contributed by atoms with Crippen molar-refractivity contribution in [3.63, 3.8) is 0 Å². The van der Waals surface area contributed by atoms with Gasteiger partial charge < -0.3 is 5.32 Å². The molecule has 8 heteroatoms. The van der Waals surface area contributed by atoms with Gasteiger partial charge in [0, 0.05) is 37.6 Å². The van der Waals surface area contributed by atoms with E-state index >= 15 is 0 Å². The molecular formula is C16H18FN3O3S. The topological polar surface area (TPSA) is 79.4 Å². The van der Waals surface area contributed by atoms with E-state index < -0.39 is 15.8 Å². The highest BCUT2D eigenvalue weighted by molar-refractivity contribution is 7.88. The SMILES string of the molecule is CS(=O)(=O)N(CCC(=O)Nc1ccc(F)cc1)Cc1cccnc1. The molecule has 0 spiro atoms. The van der Waals surface area contributed by atoms with Crippen LogP contribution in [0, 0.1) is 5.82 Å². The molecule has 128 valence electrons. The second-order valence-corrected chi connectivity index (χ2v) is 7.25. The molecule has 6 nitrogen and oxygen atoms in total. The van der Waals surface area contributed by atoms with Gasteiger partial charge in [-0.3, -0.25) is 9.78 Å².